The van der Waals surface area contributed by atoms with Crippen molar-refractivity contribution in [2.75, 3.05) is 20.3 Å². The van der Waals surface area contributed by atoms with E-state index in [-0.39, 0.29) is 0 Å². The molecule has 1 heterocycles. The molecule has 0 radical (unpaired) electrons. The summed E-state index contributed by atoms with van der Waals surface area (Å²) in [5.41, 5.74) is 3.86. The summed E-state index contributed by atoms with van der Waals surface area (Å²) < 4.78 is 7.14. The summed E-state index contributed by atoms with van der Waals surface area (Å²) in [4.78, 5) is 0. The Balaban J connectivity index is 2.01. The van der Waals surface area contributed by atoms with Gasteiger partial charge in [-0.2, -0.15) is 5.10 Å². The number of aromatic nitrogens is 2. The Kier molecular flexibility index (Phi) is 5.77. The predicted molar refractivity (Wildman–Crippen MR) is 80.7 cm³/mol. The molecule has 1 aromatic carbocycles. The first kappa shape index (κ1) is 14.8. The van der Waals surface area contributed by atoms with E-state index in [1.165, 1.54) is 16.8 Å². The molecule has 2 rings (SSSR count). The third-order valence-corrected chi connectivity index (χ3v) is 3.34. The van der Waals surface area contributed by atoms with Crippen LogP contribution in [0.1, 0.15) is 23.7 Å². The van der Waals surface area contributed by atoms with Gasteiger partial charge < -0.3 is 10.1 Å². The molecule has 2 aromatic rings. The largest absolute Gasteiger partial charge is 0.383 e. The van der Waals surface area contributed by atoms with Crippen LogP contribution in [0.4, 0.5) is 0 Å². The van der Waals surface area contributed by atoms with Crippen LogP contribution in [0.2, 0.25) is 0 Å². The van der Waals surface area contributed by atoms with Gasteiger partial charge >= 0.3 is 0 Å². The fourth-order valence-corrected chi connectivity index (χ4v) is 2.30. The van der Waals surface area contributed by atoms with Crippen molar-refractivity contribution in [3.63, 3.8) is 0 Å². The van der Waals surface area contributed by atoms with E-state index in [0.717, 1.165) is 32.7 Å². The topological polar surface area (TPSA) is 39.1 Å². The van der Waals surface area contributed by atoms with Crippen LogP contribution in [0.3, 0.4) is 0 Å². The lowest BCUT2D eigenvalue weighted by Gasteiger charge is -2.09. The van der Waals surface area contributed by atoms with Crippen molar-refractivity contribution in [1.82, 2.24) is 15.1 Å². The summed E-state index contributed by atoms with van der Waals surface area (Å²) in [6, 6.07) is 10.4. The molecule has 20 heavy (non-hydrogen) atoms. The van der Waals surface area contributed by atoms with Crippen molar-refractivity contribution in [3.8, 4) is 0 Å². The molecule has 0 aliphatic rings. The average Bonchev–Trinajstić information content (AvgIpc) is 2.86. The number of methoxy groups -OCH3 is 1. The molecule has 0 saturated carbocycles. The lowest BCUT2D eigenvalue weighted by molar-refractivity contribution is 0.199. The van der Waals surface area contributed by atoms with Crippen LogP contribution in [0.25, 0.3) is 0 Å². The summed E-state index contributed by atoms with van der Waals surface area (Å²) in [6.45, 7) is 5.46. The number of rotatable bonds is 8. The van der Waals surface area contributed by atoms with Gasteiger partial charge in [-0.05, 0) is 12.0 Å². The van der Waals surface area contributed by atoms with Gasteiger partial charge in [0.05, 0.1) is 19.3 Å². The van der Waals surface area contributed by atoms with Crippen LogP contribution >= 0.6 is 0 Å². The van der Waals surface area contributed by atoms with E-state index in [1.807, 2.05) is 12.3 Å². The highest BCUT2D eigenvalue weighted by Gasteiger charge is 2.08. The monoisotopic (exact) mass is 273 g/mol. The van der Waals surface area contributed by atoms with E-state index in [0.29, 0.717) is 0 Å². The number of hydrogen-bond acceptors (Lipinski definition) is 3. The highest BCUT2D eigenvalue weighted by Crippen LogP contribution is 2.12. The Morgan fingerprint density at radius 2 is 2.05 bits per heavy atom. The van der Waals surface area contributed by atoms with E-state index in [2.05, 4.69) is 46.3 Å². The Labute approximate surface area is 120 Å². The lowest BCUT2D eigenvalue weighted by atomic mass is 10.2. The summed E-state index contributed by atoms with van der Waals surface area (Å²) in [5.74, 6) is 0. The maximum Gasteiger partial charge on any atom is 0.0662 e. The van der Waals surface area contributed by atoms with Crippen LogP contribution < -0.4 is 5.32 Å². The Hall–Kier alpha value is -1.65. The second-order valence-electron chi connectivity index (χ2n) is 4.78. The molecule has 0 fully saturated rings. The maximum absolute atomic E-state index is 5.04. The number of ether oxygens (including phenoxy) is 1. The Morgan fingerprint density at radius 1 is 1.25 bits per heavy atom. The molecular formula is C16H23N3O. The van der Waals surface area contributed by atoms with Gasteiger partial charge in [-0.1, -0.05) is 37.3 Å². The second-order valence-corrected chi connectivity index (χ2v) is 4.78. The van der Waals surface area contributed by atoms with Gasteiger partial charge in [-0.15, -0.1) is 0 Å². The fraction of sp³-hybridized carbons (Fsp3) is 0.438. The van der Waals surface area contributed by atoms with Gasteiger partial charge in [-0.3, -0.25) is 4.68 Å². The maximum atomic E-state index is 5.04. The molecular weight excluding hydrogens is 250 g/mol. The zero-order valence-corrected chi connectivity index (χ0v) is 12.3. The van der Waals surface area contributed by atoms with Crippen LogP contribution in [0.5, 0.6) is 0 Å². The highest BCUT2D eigenvalue weighted by molar-refractivity contribution is 5.21. The summed E-state index contributed by atoms with van der Waals surface area (Å²) in [6.07, 6.45) is 2.97. The van der Waals surface area contributed by atoms with Crippen molar-refractivity contribution in [3.05, 3.63) is 53.3 Å². The molecule has 0 unspecified atom stereocenters. The molecule has 0 spiro atoms. The van der Waals surface area contributed by atoms with Crippen LogP contribution in [0, 0.1) is 0 Å². The summed E-state index contributed by atoms with van der Waals surface area (Å²) in [7, 11) is 1.72. The third-order valence-electron chi connectivity index (χ3n) is 3.34. The van der Waals surface area contributed by atoms with Gasteiger partial charge in [-0.25, -0.2) is 0 Å². The molecule has 0 saturated heterocycles. The highest BCUT2D eigenvalue weighted by atomic mass is 16.5. The lowest BCUT2D eigenvalue weighted by Crippen LogP contribution is -2.19. The van der Waals surface area contributed by atoms with E-state index in [9.17, 15) is 0 Å². The number of nitrogens with one attached hydrogen (secondary N) is 1. The predicted octanol–water partition coefficient (Wildman–Crippen LogP) is 2.23. The molecule has 0 atom stereocenters. The van der Waals surface area contributed by atoms with Crippen LogP contribution in [-0.4, -0.2) is 30.0 Å². The van der Waals surface area contributed by atoms with Crippen molar-refractivity contribution < 1.29 is 4.74 Å². The first-order valence-electron chi connectivity index (χ1n) is 7.12. The summed E-state index contributed by atoms with van der Waals surface area (Å²) in [5, 5.41) is 7.90. The standard InChI is InChI=1S/C16H23N3O/c1-3-16-15(11-17-9-10-20-2)12-18-19(16)13-14-7-5-4-6-8-14/h4-8,12,17H,3,9-11,13H2,1-2H3. The van der Waals surface area contributed by atoms with Crippen molar-refractivity contribution in [1.29, 1.82) is 0 Å². The first-order valence-corrected chi connectivity index (χ1v) is 7.12. The minimum absolute atomic E-state index is 0.736. The van der Waals surface area contributed by atoms with E-state index in [4.69, 9.17) is 4.74 Å². The van der Waals surface area contributed by atoms with Crippen molar-refractivity contribution in [2.45, 2.75) is 26.4 Å². The van der Waals surface area contributed by atoms with Gasteiger partial charge in [0, 0.05) is 31.5 Å². The molecule has 0 amide bonds. The van der Waals surface area contributed by atoms with Crippen molar-refractivity contribution >= 4 is 0 Å². The Morgan fingerprint density at radius 3 is 2.75 bits per heavy atom. The molecule has 4 nitrogen and oxygen atoms in total. The second kappa shape index (κ2) is 7.82. The molecule has 0 aliphatic carbocycles. The number of nitrogens with zero attached hydrogens (tertiary/aromatic N) is 2. The molecule has 0 bridgehead atoms. The molecule has 1 aromatic heterocycles. The smallest absolute Gasteiger partial charge is 0.0662 e. The first-order chi connectivity index (χ1) is 9.85. The van der Waals surface area contributed by atoms with Gasteiger partial charge in [0.1, 0.15) is 0 Å². The minimum Gasteiger partial charge on any atom is -0.383 e. The summed E-state index contributed by atoms with van der Waals surface area (Å²) >= 11 is 0. The normalized spacial score (nSPS) is 10.9. The zero-order valence-electron chi connectivity index (χ0n) is 12.3. The molecule has 1 N–H and O–H groups in total. The van der Waals surface area contributed by atoms with Crippen LogP contribution in [-0.2, 0) is 24.2 Å². The zero-order chi connectivity index (χ0) is 14.2. The SMILES string of the molecule is CCc1c(CNCCOC)cnn1Cc1ccccc1. The van der Waals surface area contributed by atoms with E-state index >= 15 is 0 Å². The fourth-order valence-electron chi connectivity index (χ4n) is 2.30. The Bertz CT molecular complexity index is 508. The van der Waals surface area contributed by atoms with Crippen molar-refractivity contribution in [2.24, 2.45) is 0 Å². The third kappa shape index (κ3) is 3.92. The molecule has 0 aliphatic heterocycles. The van der Waals surface area contributed by atoms with Crippen LogP contribution in [0.15, 0.2) is 36.5 Å². The van der Waals surface area contributed by atoms with Gasteiger partial charge in [0.25, 0.3) is 0 Å². The molecule has 4 heteroatoms. The van der Waals surface area contributed by atoms with E-state index in [1.54, 1.807) is 7.11 Å². The quantitative estimate of drug-likeness (QED) is 0.750. The number of benzene rings is 1. The molecule has 108 valence electrons. The van der Waals surface area contributed by atoms with Gasteiger partial charge in [0.2, 0.25) is 0 Å². The van der Waals surface area contributed by atoms with E-state index < -0.39 is 0 Å². The minimum atomic E-state index is 0.736. The van der Waals surface area contributed by atoms with Gasteiger partial charge in [0.15, 0.2) is 0 Å². The average molecular weight is 273 g/mol. The number of hydrogen-bond donors (Lipinski definition) is 1.